The number of aromatic nitrogens is 1. The largest absolute Gasteiger partial charge is 0.439 e. The SMILES string of the molecule is CCCNCc1cnc(Oc2ccc(Br)cc2)c(C)c1. The summed E-state index contributed by atoms with van der Waals surface area (Å²) >= 11 is 3.41. The monoisotopic (exact) mass is 334 g/mol. The third kappa shape index (κ3) is 4.32. The molecule has 0 saturated heterocycles. The standard InChI is InChI=1S/C16H19BrN2O/c1-3-8-18-10-13-9-12(2)16(19-11-13)20-15-6-4-14(17)5-7-15/h4-7,9,11,18H,3,8,10H2,1-2H3. The zero-order valence-electron chi connectivity index (χ0n) is 11.8. The van der Waals surface area contributed by atoms with Gasteiger partial charge in [-0.1, -0.05) is 22.9 Å². The molecule has 0 radical (unpaired) electrons. The third-order valence-corrected chi connectivity index (χ3v) is 3.40. The number of benzene rings is 1. The molecule has 0 fully saturated rings. The second-order valence-corrected chi connectivity index (χ2v) is 5.61. The van der Waals surface area contributed by atoms with Crippen LogP contribution in [0.2, 0.25) is 0 Å². The molecule has 4 heteroatoms. The molecule has 1 heterocycles. The van der Waals surface area contributed by atoms with Crippen LogP contribution in [0.15, 0.2) is 41.0 Å². The number of nitrogens with one attached hydrogen (secondary N) is 1. The number of hydrogen-bond acceptors (Lipinski definition) is 3. The fourth-order valence-electron chi connectivity index (χ4n) is 1.85. The molecule has 20 heavy (non-hydrogen) atoms. The van der Waals surface area contributed by atoms with Crippen LogP contribution in [0.3, 0.4) is 0 Å². The molecule has 0 saturated carbocycles. The minimum absolute atomic E-state index is 0.659. The molecule has 0 unspecified atom stereocenters. The predicted octanol–water partition coefficient (Wildman–Crippen LogP) is 4.44. The van der Waals surface area contributed by atoms with Crippen molar-refractivity contribution in [2.75, 3.05) is 6.54 Å². The van der Waals surface area contributed by atoms with Gasteiger partial charge in [0.25, 0.3) is 0 Å². The minimum Gasteiger partial charge on any atom is -0.439 e. The topological polar surface area (TPSA) is 34.2 Å². The first kappa shape index (κ1) is 15.0. The summed E-state index contributed by atoms with van der Waals surface area (Å²) in [5.74, 6) is 1.45. The van der Waals surface area contributed by atoms with Gasteiger partial charge in [-0.3, -0.25) is 0 Å². The van der Waals surface area contributed by atoms with Gasteiger partial charge in [0.1, 0.15) is 5.75 Å². The van der Waals surface area contributed by atoms with Gasteiger partial charge >= 0.3 is 0 Å². The predicted molar refractivity (Wildman–Crippen MR) is 85.2 cm³/mol. The van der Waals surface area contributed by atoms with Crippen LogP contribution < -0.4 is 10.1 Å². The second kappa shape index (κ2) is 7.41. The Hall–Kier alpha value is -1.39. The molecule has 2 aromatic rings. The molecule has 1 N–H and O–H groups in total. The third-order valence-electron chi connectivity index (χ3n) is 2.87. The number of pyridine rings is 1. The molecule has 0 spiro atoms. The Kier molecular flexibility index (Phi) is 5.56. The van der Waals surface area contributed by atoms with E-state index in [-0.39, 0.29) is 0 Å². The summed E-state index contributed by atoms with van der Waals surface area (Å²) < 4.78 is 6.83. The number of hydrogen-bond donors (Lipinski definition) is 1. The van der Waals surface area contributed by atoms with Gasteiger partial charge < -0.3 is 10.1 Å². The number of aryl methyl sites for hydroxylation is 1. The lowest BCUT2D eigenvalue weighted by molar-refractivity contribution is 0.458. The summed E-state index contributed by atoms with van der Waals surface area (Å²) in [6, 6.07) is 9.86. The Labute approximate surface area is 128 Å². The van der Waals surface area contributed by atoms with Crippen LogP contribution in [0.4, 0.5) is 0 Å². The van der Waals surface area contributed by atoms with Crippen molar-refractivity contribution in [3.05, 3.63) is 52.1 Å². The number of rotatable bonds is 6. The molecular formula is C16H19BrN2O. The van der Waals surface area contributed by atoms with E-state index in [1.54, 1.807) is 0 Å². The second-order valence-electron chi connectivity index (χ2n) is 4.70. The van der Waals surface area contributed by atoms with Crippen LogP contribution in [0.1, 0.15) is 24.5 Å². The lowest BCUT2D eigenvalue weighted by Gasteiger charge is -2.09. The van der Waals surface area contributed by atoms with Gasteiger partial charge in [0.2, 0.25) is 5.88 Å². The molecule has 1 aromatic carbocycles. The molecule has 0 aliphatic heterocycles. The van der Waals surface area contributed by atoms with Crippen molar-refractivity contribution in [3.8, 4) is 11.6 Å². The maximum Gasteiger partial charge on any atom is 0.222 e. The summed E-state index contributed by atoms with van der Waals surface area (Å²) in [6.45, 7) is 6.05. The average Bonchev–Trinajstić information content (AvgIpc) is 2.44. The van der Waals surface area contributed by atoms with Crippen LogP contribution in [0, 0.1) is 6.92 Å². The zero-order chi connectivity index (χ0) is 14.4. The number of nitrogens with zero attached hydrogens (tertiary/aromatic N) is 1. The number of ether oxygens (including phenoxy) is 1. The van der Waals surface area contributed by atoms with E-state index in [9.17, 15) is 0 Å². The summed E-state index contributed by atoms with van der Waals surface area (Å²) in [4.78, 5) is 4.40. The molecule has 2 rings (SSSR count). The molecule has 106 valence electrons. The van der Waals surface area contributed by atoms with Gasteiger partial charge in [-0.05, 0) is 55.8 Å². The molecular weight excluding hydrogens is 316 g/mol. The van der Waals surface area contributed by atoms with Crippen molar-refractivity contribution in [3.63, 3.8) is 0 Å². The first-order chi connectivity index (χ1) is 9.69. The van der Waals surface area contributed by atoms with Crippen LogP contribution in [0.5, 0.6) is 11.6 Å². The maximum atomic E-state index is 5.79. The van der Waals surface area contributed by atoms with E-state index in [0.717, 1.165) is 35.3 Å². The van der Waals surface area contributed by atoms with Gasteiger partial charge in [-0.25, -0.2) is 4.98 Å². The smallest absolute Gasteiger partial charge is 0.222 e. The molecule has 0 amide bonds. The molecule has 1 aromatic heterocycles. The van der Waals surface area contributed by atoms with Gasteiger partial charge in [0.05, 0.1) is 0 Å². The fraction of sp³-hybridized carbons (Fsp3) is 0.312. The highest BCUT2D eigenvalue weighted by atomic mass is 79.9. The Morgan fingerprint density at radius 1 is 1.25 bits per heavy atom. The first-order valence-corrected chi connectivity index (χ1v) is 7.58. The van der Waals surface area contributed by atoms with E-state index in [0.29, 0.717) is 5.88 Å². The summed E-state index contributed by atoms with van der Waals surface area (Å²) in [6.07, 6.45) is 3.00. The summed E-state index contributed by atoms with van der Waals surface area (Å²) in [5, 5.41) is 3.37. The van der Waals surface area contributed by atoms with Crippen molar-refractivity contribution in [1.82, 2.24) is 10.3 Å². The van der Waals surface area contributed by atoms with Gasteiger partial charge in [-0.15, -0.1) is 0 Å². The Morgan fingerprint density at radius 2 is 2.00 bits per heavy atom. The highest BCUT2D eigenvalue weighted by Gasteiger charge is 2.04. The summed E-state index contributed by atoms with van der Waals surface area (Å²) in [7, 11) is 0. The molecule has 0 aliphatic carbocycles. The van der Waals surface area contributed by atoms with E-state index >= 15 is 0 Å². The van der Waals surface area contributed by atoms with Gasteiger partial charge in [0, 0.05) is 22.8 Å². The number of halogens is 1. The lowest BCUT2D eigenvalue weighted by atomic mass is 10.2. The van der Waals surface area contributed by atoms with E-state index in [1.807, 2.05) is 37.4 Å². The molecule has 0 bridgehead atoms. The Morgan fingerprint density at radius 3 is 2.65 bits per heavy atom. The van der Waals surface area contributed by atoms with Crippen LogP contribution in [0.25, 0.3) is 0 Å². The Bertz CT molecular complexity index is 555. The van der Waals surface area contributed by atoms with Crippen molar-refractivity contribution in [2.24, 2.45) is 0 Å². The van der Waals surface area contributed by atoms with Gasteiger partial charge in [0.15, 0.2) is 0 Å². The van der Waals surface area contributed by atoms with Crippen molar-refractivity contribution in [2.45, 2.75) is 26.8 Å². The van der Waals surface area contributed by atoms with E-state index in [1.165, 1.54) is 5.56 Å². The minimum atomic E-state index is 0.659. The van der Waals surface area contributed by atoms with E-state index in [2.05, 4.69) is 39.2 Å². The fourth-order valence-corrected chi connectivity index (χ4v) is 2.11. The van der Waals surface area contributed by atoms with Crippen LogP contribution >= 0.6 is 15.9 Å². The highest BCUT2D eigenvalue weighted by molar-refractivity contribution is 9.10. The van der Waals surface area contributed by atoms with Crippen LogP contribution in [-0.2, 0) is 6.54 Å². The highest BCUT2D eigenvalue weighted by Crippen LogP contribution is 2.24. The zero-order valence-corrected chi connectivity index (χ0v) is 13.4. The molecule has 0 aliphatic rings. The Balaban J connectivity index is 2.03. The van der Waals surface area contributed by atoms with E-state index < -0.39 is 0 Å². The van der Waals surface area contributed by atoms with Crippen molar-refractivity contribution >= 4 is 15.9 Å². The maximum absolute atomic E-state index is 5.79. The summed E-state index contributed by atoms with van der Waals surface area (Å²) in [5.41, 5.74) is 2.22. The van der Waals surface area contributed by atoms with E-state index in [4.69, 9.17) is 4.74 Å². The quantitative estimate of drug-likeness (QED) is 0.792. The molecule has 3 nitrogen and oxygen atoms in total. The average molecular weight is 335 g/mol. The normalized spacial score (nSPS) is 10.6. The van der Waals surface area contributed by atoms with Crippen molar-refractivity contribution in [1.29, 1.82) is 0 Å². The first-order valence-electron chi connectivity index (χ1n) is 6.78. The molecule has 0 atom stereocenters. The van der Waals surface area contributed by atoms with Crippen molar-refractivity contribution < 1.29 is 4.74 Å². The van der Waals surface area contributed by atoms with Crippen LogP contribution in [-0.4, -0.2) is 11.5 Å². The lowest BCUT2D eigenvalue weighted by Crippen LogP contribution is -2.14. The van der Waals surface area contributed by atoms with Gasteiger partial charge in [-0.2, -0.15) is 0 Å².